The van der Waals surface area contributed by atoms with Crippen LogP contribution in [-0.2, 0) is 20.7 Å². The lowest BCUT2D eigenvalue weighted by Gasteiger charge is -2.05. The maximum atomic E-state index is 11.8. The zero-order valence-electron chi connectivity index (χ0n) is 13.7. The number of aliphatic hydroxyl groups excluding tert-OH is 1. The Morgan fingerprint density at radius 3 is 2.48 bits per heavy atom. The fourth-order valence-corrected chi connectivity index (χ4v) is 2.78. The number of H-pyrrole nitrogens is 1. The topological polar surface area (TPSA) is 79.4 Å². The number of methoxy groups -OCH3 is 1. The number of aromatic nitrogens is 1. The number of hydrogen-bond donors (Lipinski definition) is 2. The van der Waals surface area contributed by atoms with Crippen LogP contribution in [0.1, 0.15) is 16.8 Å². The van der Waals surface area contributed by atoms with Gasteiger partial charge in [-0.2, -0.15) is 0 Å². The Labute approximate surface area is 144 Å². The van der Waals surface area contributed by atoms with Crippen molar-refractivity contribution in [2.75, 3.05) is 7.11 Å². The molecule has 25 heavy (non-hydrogen) atoms. The maximum absolute atomic E-state index is 11.8. The third-order valence-electron chi connectivity index (χ3n) is 3.92. The molecule has 0 aliphatic carbocycles. The van der Waals surface area contributed by atoms with Crippen molar-refractivity contribution in [1.29, 1.82) is 0 Å². The van der Waals surface area contributed by atoms with Gasteiger partial charge in [-0.1, -0.05) is 48.5 Å². The Morgan fingerprint density at radius 2 is 1.76 bits per heavy atom. The number of esters is 1. The minimum absolute atomic E-state index is 0.265. The molecule has 5 nitrogen and oxygen atoms in total. The molecule has 0 aliphatic rings. The maximum Gasteiger partial charge on any atom is 0.378 e. The average Bonchev–Trinajstić information content (AvgIpc) is 2.99. The van der Waals surface area contributed by atoms with Crippen molar-refractivity contribution in [1.82, 2.24) is 4.98 Å². The summed E-state index contributed by atoms with van der Waals surface area (Å²) in [6, 6.07) is 17.2. The SMILES string of the molecule is COC(=O)C(=O)/C=C(\O)c1c(Cc2ccccc2)[nH]c2ccccc12. The first-order chi connectivity index (χ1) is 12.1. The minimum atomic E-state index is -1.02. The van der Waals surface area contributed by atoms with E-state index in [9.17, 15) is 14.7 Å². The van der Waals surface area contributed by atoms with Crippen LogP contribution in [0.25, 0.3) is 16.7 Å². The van der Waals surface area contributed by atoms with Crippen LogP contribution < -0.4 is 0 Å². The van der Waals surface area contributed by atoms with Gasteiger partial charge in [-0.15, -0.1) is 0 Å². The number of ketones is 1. The van der Waals surface area contributed by atoms with E-state index in [1.54, 1.807) is 0 Å². The highest BCUT2D eigenvalue weighted by atomic mass is 16.5. The lowest BCUT2D eigenvalue weighted by molar-refractivity contribution is -0.149. The summed E-state index contributed by atoms with van der Waals surface area (Å²) in [7, 11) is 1.12. The molecule has 0 saturated heterocycles. The van der Waals surface area contributed by atoms with Gasteiger partial charge in [0, 0.05) is 34.7 Å². The Morgan fingerprint density at radius 1 is 1.08 bits per heavy atom. The molecular weight excluding hydrogens is 318 g/mol. The van der Waals surface area contributed by atoms with Crippen molar-refractivity contribution in [3.8, 4) is 0 Å². The van der Waals surface area contributed by atoms with E-state index in [-0.39, 0.29) is 5.76 Å². The highest BCUT2D eigenvalue weighted by Gasteiger charge is 2.18. The summed E-state index contributed by atoms with van der Waals surface area (Å²) in [5.41, 5.74) is 3.17. The zero-order valence-corrected chi connectivity index (χ0v) is 13.7. The number of aliphatic hydroxyl groups is 1. The molecule has 0 aliphatic heterocycles. The summed E-state index contributed by atoms with van der Waals surface area (Å²) >= 11 is 0. The first-order valence-corrected chi connectivity index (χ1v) is 7.77. The highest BCUT2D eigenvalue weighted by Crippen LogP contribution is 2.29. The van der Waals surface area contributed by atoms with Crippen molar-refractivity contribution in [3.63, 3.8) is 0 Å². The summed E-state index contributed by atoms with van der Waals surface area (Å²) in [6.07, 6.45) is 1.45. The highest BCUT2D eigenvalue weighted by molar-refractivity contribution is 6.39. The molecule has 3 rings (SSSR count). The van der Waals surface area contributed by atoms with Crippen LogP contribution >= 0.6 is 0 Å². The fourth-order valence-electron chi connectivity index (χ4n) is 2.78. The van der Waals surface area contributed by atoms with Crippen LogP contribution in [0.5, 0.6) is 0 Å². The largest absolute Gasteiger partial charge is 0.507 e. The van der Waals surface area contributed by atoms with Crippen LogP contribution in [-0.4, -0.2) is 29.0 Å². The molecular formula is C20H17NO4. The first-order valence-electron chi connectivity index (χ1n) is 7.77. The molecule has 0 fully saturated rings. The average molecular weight is 335 g/mol. The Hall–Kier alpha value is -3.34. The van der Waals surface area contributed by atoms with Gasteiger partial charge in [0.05, 0.1) is 7.11 Å². The van der Waals surface area contributed by atoms with Crippen LogP contribution in [0.4, 0.5) is 0 Å². The predicted octanol–water partition coefficient (Wildman–Crippen LogP) is 3.40. The van der Waals surface area contributed by atoms with Crippen molar-refractivity contribution in [2.24, 2.45) is 0 Å². The Kier molecular flexibility index (Phi) is 4.66. The summed E-state index contributed by atoms with van der Waals surface area (Å²) in [5, 5.41) is 11.3. The van der Waals surface area contributed by atoms with Gasteiger partial charge in [0.15, 0.2) is 0 Å². The molecule has 0 amide bonds. The van der Waals surface area contributed by atoms with E-state index >= 15 is 0 Å². The molecule has 2 aromatic carbocycles. The summed E-state index contributed by atoms with van der Waals surface area (Å²) in [6.45, 7) is 0. The Balaban J connectivity index is 2.08. The lowest BCUT2D eigenvalue weighted by atomic mass is 10.0. The standard InChI is InChI=1S/C20H17NO4/c1-25-20(24)18(23)12-17(22)19-14-9-5-6-10-15(14)21-16(19)11-13-7-3-2-4-8-13/h2-10,12,21-22H,11H2,1H3/b17-12-. The van der Waals surface area contributed by atoms with Crippen molar-refractivity contribution in [3.05, 3.63) is 77.5 Å². The van der Waals surface area contributed by atoms with Crippen molar-refractivity contribution < 1.29 is 19.4 Å². The van der Waals surface area contributed by atoms with E-state index in [1.807, 2.05) is 54.6 Å². The molecule has 0 radical (unpaired) electrons. The molecule has 1 aromatic heterocycles. The summed E-state index contributed by atoms with van der Waals surface area (Å²) < 4.78 is 4.39. The lowest BCUT2D eigenvalue weighted by Crippen LogP contribution is -2.13. The van der Waals surface area contributed by atoms with Gasteiger partial charge < -0.3 is 14.8 Å². The van der Waals surface area contributed by atoms with Gasteiger partial charge in [-0.25, -0.2) is 4.79 Å². The van der Waals surface area contributed by atoms with Gasteiger partial charge in [0.25, 0.3) is 5.78 Å². The fraction of sp³-hybridized carbons (Fsp3) is 0.100. The number of ether oxygens (including phenoxy) is 1. The second-order valence-electron chi connectivity index (χ2n) is 5.57. The number of aromatic amines is 1. The number of carbonyl (C=O) groups excluding carboxylic acids is 2. The second-order valence-corrected chi connectivity index (χ2v) is 5.57. The first kappa shape index (κ1) is 16.5. The predicted molar refractivity (Wildman–Crippen MR) is 95.2 cm³/mol. The molecule has 2 N–H and O–H groups in total. The van der Waals surface area contributed by atoms with Crippen LogP contribution in [0.2, 0.25) is 0 Å². The molecule has 1 heterocycles. The smallest absolute Gasteiger partial charge is 0.378 e. The number of hydrogen-bond acceptors (Lipinski definition) is 4. The van der Waals surface area contributed by atoms with E-state index in [0.29, 0.717) is 12.0 Å². The van der Waals surface area contributed by atoms with Gasteiger partial charge >= 0.3 is 5.97 Å². The molecule has 0 saturated carbocycles. The van der Waals surface area contributed by atoms with Crippen molar-refractivity contribution >= 4 is 28.4 Å². The molecule has 0 atom stereocenters. The minimum Gasteiger partial charge on any atom is -0.507 e. The number of para-hydroxylation sites is 1. The van der Waals surface area contributed by atoms with Crippen LogP contribution in [0, 0.1) is 0 Å². The number of nitrogens with one attached hydrogen (secondary N) is 1. The normalized spacial score (nSPS) is 11.5. The molecule has 5 heteroatoms. The zero-order chi connectivity index (χ0) is 17.8. The number of benzene rings is 2. The van der Waals surface area contributed by atoms with E-state index in [2.05, 4.69) is 9.72 Å². The molecule has 0 unspecified atom stereocenters. The van der Waals surface area contributed by atoms with E-state index in [1.165, 1.54) is 0 Å². The molecule has 0 bridgehead atoms. The molecule has 126 valence electrons. The summed E-state index contributed by atoms with van der Waals surface area (Å²) in [5.74, 6) is -2.19. The quantitative estimate of drug-likeness (QED) is 0.324. The number of rotatable bonds is 5. The van der Waals surface area contributed by atoms with Gasteiger partial charge in [-0.05, 0) is 11.6 Å². The number of fused-ring (bicyclic) bond motifs is 1. The Bertz CT molecular complexity index is 954. The third kappa shape index (κ3) is 3.45. The van der Waals surface area contributed by atoms with Crippen LogP contribution in [0.15, 0.2) is 60.7 Å². The van der Waals surface area contributed by atoms with Crippen molar-refractivity contribution in [2.45, 2.75) is 6.42 Å². The monoisotopic (exact) mass is 335 g/mol. The molecule has 0 spiro atoms. The third-order valence-corrected chi connectivity index (χ3v) is 3.92. The molecule has 3 aromatic rings. The van der Waals surface area contributed by atoms with E-state index < -0.39 is 11.8 Å². The van der Waals surface area contributed by atoms with E-state index in [0.717, 1.165) is 35.3 Å². The number of carbonyl (C=O) groups is 2. The van der Waals surface area contributed by atoms with Gasteiger partial charge in [0.1, 0.15) is 5.76 Å². The van der Waals surface area contributed by atoms with Gasteiger partial charge in [-0.3, -0.25) is 4.79 Å². The van der Waals surface area contributed by atoms with Crippen LogP contribution in [0.3, 0.4) is 0 Å². The van der Waals surface area contributed by atoms with Gasteiger partial charge in [0.2, 0.25) is 0 Å². The summed E-state index contributed by atoms with van der Waals surface area (Å²) in [4.78, 5) is 26.4. The van der Waals surface area contributed by atoms with E-state index in [4.69, 9.17) is 0 Å². The second kappa shape index (κ2) is 7.05.